The maximum absolute atomic E-state index is 9.98. The summed E-state index contributed by atoms with van der Waals surface area (Å²) in [4.78, 5) is 4.58. The van der Waals surface area contributed by atoms with Crippen LogP contribution >= 0.6 is 0 Å². The van der Waals surface area contributed by atoms with Crippen LogP contribution in [-0.2, 0) is 4.74 Å². The Morgan fingerprint density at radius 2 is 2.00 bits per heavy atom. The lowest BCUT2D eigenvalue weighted by Crippen LogP contribution is -2.18. The van der Waals surface area contributed by atoms with Crippen LogP contribution in [0.4, 0.5) is 0 Å². The maximum atomic E-state index is 9.98. The molecule has 0 unspecified atom stereocenters. The molecule has 1 aromatic carbocycles. The van der Waals surface area contributed by atoms with Gasteiger partial charge in [-0.1, -0.05) is 6.42 Å². The van der Waals surface area contributed by atoms with E-state index in [1.807, 2.05) is 32.2 Å². The van der Waals surface area contributed by atoms with Crippen molar-refractivity contribution in [3.63, 3.8) is 0 Å². The summed E-state index contributed by atoms with van der Waals surface area (Å²) in [6.07, 6.45) is 7.57. The molecule has 1 fully saturated rings. The zero-order valence-corrected chi connectivity index (χ0v) is 13.5. The average Bonchev–Trinajstić information content (AvgIpc) is 3.12. The van der Waals surface area contributed by atoms with Gasteiger partial charge in [-0.25, -0.2) is 4.98 Å². The number of hydrogen-bond donors (Lipinski definition) is 1. The molecule has 1 aliphatic carbocycles. The Morgan fingerprint density at radius 1 is 1.27 bits per heavy atom. The van der Waals surface area contributed by atoms with Gasteiger partial charge in [0.15, 0.2) is 0 Å². The Hall–Kier alpha value is -1.81. The maximum Gasteiger partial charge on any atom is 0.140 e. The number of phenols is 1. The second kappa shape index (κ2) is 6.13. The number of ether oxygens (including phenoxy) is 1. The highest BCUT2D eigenvalue weighted by atomic mass is 16.5. The van der Waals surface area contributed by atoms with Crippen molar-refractivity contribution in [2.24, 2.45) is 5.92 Å². The lowest BCUT2D eigenvalue weighted by atomic mass is 10.0. The SMILES string of the molecule is COC[C@H]1CCC[C@H]1n1ccnc1-c1cc(C)c(O)c(C)c1. The van der Waals surface area contributed by atoms with Crippen molar-refractivity contribution in [2.75, 3.05) is 13.7 Å². The highest BCUT2D eigenvalue weighted by Crippen LogP contribution is 2.39. The number of imidazole rings is 1. The monoisotopic (exact) mass is 300 g/mol. The van der Waals surface area contributed by atoms with Gasteiger partial charge in [0, 0.05) is 37.0 Å². The van der Waals surface area contributed by atoms with E-state index in [9.17, 15) is 5.11 Å². The molecule has 118 valence electrons. The van der Waals surface area contributed by atoms with Crippen LogP contribution in [0, 0.1) is 19.8 Å². The molecule has 1 saturated carbocycles. The molecule has 1 aliphatic rings. The highest BCUT2D eigenvalue weighted by molar-refractivity contribution is 5.61. The van der Waals surface area contributed by atoms with Crippen LogP contribution in [0.25, 0.3) is 11.4 Å². The van der Waals surface area contributed by atoms with Crippen molar-refractivity contribution in [3.8, 4) is 17.1 Å². The number of aryl methyl sites for hydroxylation is 2. The van der Waals surface area contributed by atoms with Gasteiger partial charge in [0.2, 0.25) is 0 Å². The average molecular weight is 300 g/mol. The lowest BCUT2D eigenvalue weighted by molar-refractivity contribution is 0.135. The standard InChI is InChI=1S/C18H24N2O2/c1-12-9-15(10-13(2)17(12)21)18-19-7-8-20(18)16-6-4-5-14(16)11-22-3/h7-10,14,16,21H,4-6,11H2,1-3H3/t14-,16-/m1/s1. The van der Waals surface area contributed by atoms with Crippen LogP contribution in [0.15, 0.2) is 24.5 Å². The summed E-state index contributed by atoms with van der Waals surface area (Å²) in [6.45, 7) is 4.67. The first-order valence-corrected chi connectivity index (χ1v) is 7.94. The largest absolute Gasteiger partial charge is 0.507 e. The van der Waals surface area contributed by atoms with Crippen LogP contribution in [0.5, 0.6) is 5.75 Å². The number of hydrogen-bond acceptors (Lipinski definition) is 3. The van der Waals surface area contributed by atoms with Crippen LogP contribution in [0.1, 0.15) is 36.4 Å². The van der Waals surface area contributed by atoms with Crippen molar-refractivity contribution < 1.29 is 9.84 Å². The Balaban J connectivity index is 1.99. The molecule has 3 rings (SSSR count). The Bertz CT molecular complexity index is 640. The predicted molar refractivity (Wildman–Crippen MR) is 87.1 cm³/mol. The minimum Gasteiger partial charge on any atom is -0.507 e. The summed E-state index contributed by atoms with van der Waals surface area (Å²) >= 11 is 0. The normalized spacial score (nSPS) is 21.4. The molecule has 4 heteroatoms. The molecule has 0 bridgehead atoms. The van der Waals surface area contributed by atoms with E-state index in [1.165, 1.54) is 19.3 Å². The minimum atomic E-state index is 0.375. The molecule has 2 aromatic rings. The highest BCUT2D eigenvalue weighted by Gasteiger charge is 2.30. The number of phenolic OH excluding ortho intramolecular Hbond substituents is 1. The first-order valence-electron chi connectivity index (χ1n) is 7.94. The van der Waals surface area contributed by atoms with Gasteiger partial charge in [0.25, 0.3) is 0 Å². The van der Waals surface area contributed by atoms with Crippen LogP contribution in [0.3, 0.4) is 0 Å². The molecule has 1 N–H and O–H groups in total. The Morgan fingerprint density at radius 3 is 2.68 bits per heavy atom. The molecule has 4 nitrogen and oxygen atoms in total. The second-order valence-corrected chi connectivity index (χ2v) is 6.33. The van der Waals surface area contributed by atoms with Crippen molar-refractivity contribution in [3.05, 3.63) is 35.7 Å². The zero-order chi connectivity index (χ0) is 15.7. The molecule has 0 spiro atoms. The van der Waals surface area contributed by atoms with Gasteiger partial charge in [0.1, 0.15) is 11.6 Å². The van der Waals surface area contributed by atoms with E-state index in [-0.39, 0.29) is 0 Å². The predicted octanol–water partition coefficient (Wildman–Crippen LogP) is 3.86. The first-order chi connectivity index (χ1) is 10.6. The fourth-order valence-corrected chi connectivity index (χ4v) is 3.68. The summed E-state index contributed by atoms with van der Waals surface area (Å²) < 4.78 is 7.68. The number of methoxy groups -OCH3 is 1. The van der Waals surface area contributed by atoms with Gasteiger partial charge in [-0.15, -0.1) is 0 Å². The number of benzene rings is 1. The molecule has 22 heavy (non-hydrogen) atoms. The molecule has 0 saturated heterocycles. The molecule has 0 amide bonds. The van der Waals surface area contributed by atoms with Crippen molar-refractivity contribution >= 4 is 0 Å². The van der Waals surface area contributed by atoms with Gasteiger partial charge < -0.3 is 14.4 Å². The Kier molecular flexibility index (Phi) is 4.21. The van der Waals surface area contributed by atoms with E-state index in [1.54, 1.807) is 7.11 Å². The quantitative estimate of drug-likeness (QED) is 0.932. The first kappa shape index (κ1) is 15.1. The topological polar surface area (TPSA) is 47.3 Å². The van der Waals surface area contributed by atoms with Crippen LogP contribution in [-0.4, -0.2) is 28.4 Å². The molecular formula is C18H24N2O2. The van der Waals surface area contributed by atoms with Gasteiger partial charge in [-0.3, -0.25) is 0 Å². The number of nitrogens with zero attached hydrogens (tertiary/aromatic N) is 2. The van der Waals surface area contributed by atoms with Crippen LogP contribution in [0.2, 0.25) is 0 Å². The molecule has 2 atom stereocenters. The third kappa shape index (κ3) is 2.63. The van der Waals surface area contributed by atoms with E-state index in [2.05, 4.69) is 15.7 Å². The second-order valence-electron chi connectivity index (χ2n) is 6.33. The molecule has 0 aliphatic heterocycles. The smallest absolute Gasteiger partial charge is 0.140 e. The van der Waals surface area contributed by atoms with Crippen molar-refractivity contribution in [1.29, 1.82) is 0 Å². The van der Waals surface area contributed by atoms with Gasteiger partial charge >= 0.3 is 0 Å². The molecular weight excluding hydrogens is 276 g/mol. The molecule has 1 aromatic heterocycles. The number of aromatic hydroxyl groups is 1. The van der Waals surface area contributed by atoms with Crippen molar-refractivity contribution in [1.82, 2.24) is 9.55 Å². The van der Waals surface area contributed by atoms with Crippen LogP contribution < -0.4 is 0 Å². The summed E-state index contributed by atoms with van der Waals surface area (Å²) in [5.74, 6) is 1.91. The third-order valence-electron chi connectivity index (χ3n) is 4.77. The number of rotatable bonds is 4. The fourth-order valence-electron chi connectivity index (χ4n) is 3.68. The third-order valence-corrected chi connectivity index (χ3v) is 4.77. The van der Waals surface area contributed by atoms with E-state index >= 15 is 0 Å². The van der Waals surface area contributed by atoms with Gasteiger partial charge in [0.05, 0.1) is 6.61 Å². The van der Waals surface area contributed by atoms with Crippen molar-refractivity contribution in [2.45, 2.75) is 39.2 Å². The molecule has 0 radical (unpaired) electrons. The summed E-state index contributed by atoms with van der Waals surface area (Å²) in [7, 11) is 1.77. The Labute approximate surface area is 131 Å². The van der Waals surface area contributed by atoms with Gasteiger partial charge in [-0.2, -0.15) is 0 Å². The number of aromatic nitrogens is 2. The van der Waals surface area contributed by atoms with E-state index in [4.69, 9.17) is 4.74 Å². The van der Waals surface area contributed by atoms with E-state index in [0.29, 0.717) is 17.7 Å². The molecule has 1 heterocycles. The summed E-state index contributed by atoms with van der Waals surface area (Å²) in [5, 5.41) is 9.98. The van der Waals surface area contributed by atoms with E-state index < -0.39 is 0 Å². The zero-order valence-electron chi connectivity index (χ0n) is 13.5. The fraction of sp³-hybridized carbons (Fsp3) is 0.500. The minimum absolute atomic E-state index is 0.375. The lowest BCUT2D eigenvalue weighted by Gasteiger charge is -2.22. The van der Waals surface area contributed by atoms with Gasteiger partial charge in [-0.05, 0) is 49.9 Å². The van der Waals surface area contributed by atoms with E-state index in [0.717, 1.165) is 29.1 Å². The summed E-state index contributed by atoms with van der Waals surface area (Å²) in [5.41, 5.74) is 2.86. The summed E-state index contributed by atoms with van der Waals surface area (Å²) in [6, 6.07) is 4.48.